The van der Waals surface area contributed by atoms with Gasteiger partial charge in [-0.1, -0.05) is 29.8 Å². The van der Waals surface area contributed by atoms with Gasteiger partial charge < -0.3 is 15.2 Å². The Labute approximate surface area is 205 Å². The van der Waals surface area contributed by atoms with Gasteiger partial charge in [0.2, 0.25) is 5.92 Å². The molecule has 1 aromatic rings. The monoisotopic (exact) mass is 480 g/mol. The largest absolute Gasteiger partial charge is 0.385 e. The molecule has 194 valence electrons. The van der Waals surface area contributed by atoms with Gasteiger partial charge in [0.15, 0.2) is 0 Å². The van der Waals surface area contributed by atoms with E-state index in [1.54, 1.807) is 7.11 Å². The van der Waals surface area contributed by atoms with Crippen molar-refractivity contribution >= 4 is 0 Å². The summed E-state index contributed by atoms with van der Waals surface area (Å²) < 4.78 is 32.6. The third-order valence-electron chi connectivity index (χ3n) is 8.20. The van der Waals surface area contributed by atoms with Crippen LogP contribution in [0.2, 0.25) is 0 Å². The van der Waals surface area contributed by atoms with Crippen LogP contribution in [0.25, 0.3) is 0 Å². The molecule has 3 unspecified atom stereocenters. The number of nitrogens with one attached hydrogen (secondary N) is 1. The lowest BCUT2D eigenvalue weighted by Crippen LogP contribution is -2.52. The van der Waals surface area contributed by atoms with E-state index in [-0.39, 0.29) is 18.8 Å². The molecule has 1 saturated carbocycles. The van der Waals surface area contributed by atoms with Crippen LogP contribution in [0, 0.1) is 18.8 Å². The molecule has 4 nitrogen and oxygen atoms in total. The lowest BCUT2D eigenvalue weighted by atomic mass is 9.73. The number of hydrogen-bond donors (Lipinski definition) is 2. The first-order chi connectivity index (χ1) is 16.3. The molecule has 1 aromatic carbocycles. The normalized spacial score (nSPS) is 24.6. The highest BCUT2D eigenvalue weighted by molar-refractivity contribution is 5.28. The zero-order valence-corrected chi connectivity index (χ0v) is 21.5. The molecule has 2 fully saturated rings. The van der Waals surface area contributed by atoms with E-state index in [2.05, 4.69) is 35.3 Å². The highest BCUT2D eigenvalue weighted by atomic mass is 19.3. The smallest absolute Gasteiger partial charge is 0.248 e. The second-order valence-electron chi connectivity index (χ2n) is 10.8. The molecule has 0 amide bonds. The molecule has 2 N–H and O–H groups in total. The number of nitrogens with zero attached hydrogens (tertiary/aromatic N) is 1. The summed E-state index contributed by atoms with van der Waals surface area (Å²) in [5.41, 5.74) is 1.33. The molecule has 0 radical (unpaired) electrons. The summed E-state index contributed by atoms with van der Waals surface area (Å²) in [5.74, 6) is -1.96. The quantitative estimate of drug-likeness (QED) is 0.387. The van der Waals surface area contributed by atoms with Crippen molar-refractivity contribution in [2.75, 3.05) is 40.4 Å². The van der Waals surface area contributed by atoms with Crippen LogP contribution in [0.5, 0.6) is 0 Å². The number of likely N-dealkylation sites (N-methyl/N-ethyl adjacent to an activating group) is 1. The minimum absolute atomic E-state index is 0.0289. The molecule has 1 aliphatic heterocycles. The van der Waals surface area contributed by atoms with Crippen molar-refractivity contribution < 1.29 is 18.6 Å². The zero-order chi connectivity index (χ0) is 24.6. The minimum atomic E-state index is -2.47. The fraction of sp³-hybridized carbons (Fsp3) is 0.786. The van der Waals surface area contributed by atoms with Crippen molar-refractivity contribution in [3.05, 3.63) is 35.4 Å². The van der Waals surface area contributed by atoms with E-state index in [9.17, 15) is 13.9 Å². The summed E-state index contributed by atoms with van der Waals surface area (Å²) in [6.07, 6.45) is 6.91. The first-order valence-corrected chi connectivity index (χ1v) is 13.3. The van der Waals surface area contributed by atoms with Gasteiger partial charge in [0.25, 0.3) is 0 Å². The molecule has 2 aliphatic rings. The van der Waals surface area contributed by atoms with Crippen LogP contribution in [0.1, 0.15) is 75.3 Å². The summed E-state index contributed by atoms with van der Waals surface area (Å²) in [5, 5.41) is 15.5. The van der Waals surface area contributed by atoms with Gasteiger partial charge in [0.1, 0.15) is 0 Å². The summed E-state index contributed by atoms with van der Waals surface area (Å²) in [6, 6.07) is 8.67. The first-order valence-electron chi connectivity index (χ1n) is 13.3. The SMILES string of the molecule is CNCC(CC1CCC(F)(F)CC1)N1CCCC(C(O)(CCCCOC)c2cccc(C)c2)C1. The number of likely N-dealkylation sites (tertiary alicyclic amines) is 1. The number of halogens is 2. The number of aryl methyl sites for hydroxylation is 1. The topological polar surface area (TPSA) is 44.7 Å². The molecule has 1 saturated heterocycles. The van der Waals surface area contributed by atoms with Crippen molar-refractivity contribution in [1.29, 1.82) is 0 Å². The van der Waals surface area contributed by atoms with E-state index in [0.717, 1.165) is 63.7 Å². The van der Waals surface area contributed by atoms with E-state index in [1.807, 2.05) is 13.1 Å². The number of rotatable bonds is 12. The lowest BCUT2D eigenvalue weighted by molar-refractivity contribution is -0.0722. The molecule has 0 aromatic heterocycles. The number of methoxy groups -OCH3 is 1. The van der Waals surface area contributed by atoms with Crippen molar-refractivity contribution in [3.63, 3.8) is 0 Å². The summed E-state index contributed by atoms with van der Waals surface area (Å²) in [4.78, 5) is 2.54. The second kappa shape index (κ2) is 12.8. The molecule has 34 heavy (non-hydrogen) atoms. The fourth-order valence-electron chi connectivity index (χ4n) is 6.18. The Morgan fingerprint density at radius 2 is 2.00 bits per heavy atom. The maximum absolute atomic E-state index is 13.7. The summed E-state index contributed by atoms with van der Waals surface area (Å²) in [6.45, 7) is 5.52. The van der Waals surface area contributed by atoms with Crippen molar-refractivity contribution in [3.8, 4) is 0 Å². The van der Waals surface area contributed by atoms with Crippen LogP contribution in [0.4, 0.5) is 8.78 Å². The fourth-order valence-corrected chi connectivity index (χ4v) is 6.18. The van der Waals surface area contributed by atoms with Gasteiger partial charge in [-0.25, -0.2) is 8.78 Å². The van der Waals surface area contributed by atoms with Gasteiger partial charge in [0, 0.05) is 51.6 Å². The van der Waals surface area contributed by atoms with Gasteiger partial charge in [-0.3, -0.25) is 4.90 Å². The van der Waals surface area contributed by atoms with E-state index < -0.39 is 11.5 Å². The van der Waals surface area contributed by atoms with Gasteiger partial charge in [-0.05, 0) is 83.4 Å². The number of ether oxygens (including phenoxy) is 1. The average molecular weight is 481 g/mol. The van der Waals surface area contributed by atoms with Crippen LogP contribution in [0.3, 0.4) is 0 Å². The van der Waals surface area contributed by atoms with Crippen LogP contribution >= 0.6 is 0 Å². The summed E-state index contributed by atoms with van der Waals surface area (Å²) >= 11 is 0. The van der Waals surface area contributed by atoms with Crippen LogP contribution in [-0.4, -0.2) is 62.4 Å². The third kappa shape index (κ3) is 7.46. The van der Waals surface area contributed by atoms with E-state index in [1.165, 1.54) is 5.56 Å². The van der Waals surface area contributed by atoms with Crippen molar-refractivity contribution in [1.82, 2.24) is 10.2 Å². The van der Waals surface area contributed by atoms with Gasteiger partial charge in [-0.15, -0.1) is 0 Å². The molecule has 1 aliphatic carbocycles. The van der Waals surface area contributed by atoms with Gasteiger partial charge >= 0.3 is 0 Å². The predicted octanol–water partition coefficient (Wildman–Crippen LogP) is 5.51. The van der Waals surface area contributed by atoms with Crippen LogP contribution < -0.4 is 5.32 Å². The van der Waals surface area contributed by atoms with Crippen molar-refractivity contribution in [2.24, 2.45) is 11.8 Å². The first kappa shape index (κ1) is 27.5. The Hall–Kier alpha value is -1.08. The second-order valence-corrected chi connectivity index (χ2v) is 10.8. The maximum atomic E-state index is 13.7. The summed E-state index contributed by atoms with van der Waals surface area (Å²) in [7, 11) is 3.70. The minimum Gasteiger partial charge on any atom is -0.385 e. The Morgan fingerprint density at radius 1 is 1.24 bits per heavy atom. The predicted molar refractivity (Wildman–Crippen MR) is 134 cm³/mol. The Morgan fingerprint density at radius 3 is 2.68 bits per heavy atom. The number of benzene rings is 1. The molecule has 3 rings (SSSR count). The Balaban J connectivity index is 1.73. The highest BCUT2D eigenvalue weighted by Gasteiger charge is 2.42. The molecule has 0 bridgehead atoms. The zero-order valence-electron chi connectivity index (χ0n) is 21.5. The third-order valence-corrected chi connectivity index (χ3v) is 8.20. The van der Waals surface area contributed by atoms with Crippen LogP contribution in [0.15, 0.2) is 24.3 Å². The molecule has 1 heterocycles. The van der Waals surface area contributed by atoms with E-state index in [4.69, 9.17) is 4.74 Å². The number of piperidine rings is 1. The van der Waals surface area contributed by atoms with Crippen molar-refractivity contribution in [2.45, 2.75) is 88.7 Å². The van der Waals surface area contributed by atoms with Gasteiger partial charge in [0.05, 0.1) is 5.60 Å². The molecule has 3 atom stereocenters. The molecule has 6 heteroatoms. The number of aliphatic hydroxyl groups is 1. The molecular weight excluding hydrogens is 434 g/mol. The molecular formula is C28H46F2N2O2. The number of alkyl halides is 2. The van der Waals surface area contributed by atoms with Crippen LogP contribution in [-0.2, 0) is 10.3 Å². The van der Waals surface area contributed by atoms with E-state index in [0.29, 0.717) is 31.4 Å². The lowest BCUT2D eigenvalue weighted by Gasteiger charge is -2.46. The standard InChI is InChI=1S/C28H46F2N2O2/c1-22-8-6-9-24(18-22)28(33,13-4-5-17-34-3)25-10-7-16-32(21-25)26(20-31-2)19-23-11-14-27(29,30)15-12-23/h6,8-9,18,23,25-26,31,33H,4-5,7,10-17,19-21H2,1-3H3. The van der Waals surface area contributed by atoms with E-state index >= 15 is 0 Å². The Bertz CT molecular complexity index is 737. The average Bonchev–Trinajstić information content (AvgIpc) is 2.83. The molecule has 0 spiro atoms. The highest BCUT2D eigenvalue weighted by Crippen LogP contribution is 2.42. The number of unbranched alkanes of at least 4 members (excludes halogenated alkanes) is 1. The Kier molecular flexibility index (Phi) is 10.3. The van der Waals surface area contributed by atoms with Gasteiger partial charge in [-0.2, -0.15) is 0 Å². The maximum Gasteiger partial charge on any atom is 0.248 e. The number of hydrogen-bond acceptors (Lipinski definition) is 4.